The summed E-state index contributed by atoms with van der Waals surface area (Å²) in [4.78, 5) is 27.5. The molecule has 0 spiro atoms. The zero-order valence-corrected chi connectivity index (χ0v) is 13.6. The number of hydrogen-bond acceptors (Lipinski definition) is 4. The molecule has 124 valence electrons. The number of rotatable bonds is 5. The fraction of sp³-hybridized carbons (Fsp3) is 0.375. The summed E-state index contributed by atoms with van der Waals surface area (Å²) in [6.45, 7) is 0. The first-order chi connectivity index (χ1) is 11.6. The Morgan fingerprint density at radius 2 is 1.96 bits per heavy atom. The quantitative estimate of drug-likeness (QED) is 0.810. The van der Waals surface area contributed by atoms with E-state index in [0.717, 1.165) is 30.2 Å². The van der Waals surface area contributed by atoms with E-state index in [9.17, 15) is 9.59 Å². The number of aromatic nitrogens is 3. The first-order valence-electron chi connectivity index (χ1n) is 7.93. The van der Waals surface area contributed by atoms with Crippen molar-refractivity contribution in [3.8, 4) is 5.69 Å². The highest BCUT2D eigenvalue weighted by molar-refractivity contribution is 6.30. The van der Waals surface area contributed by atoms with Gasteiger partial charge in [-0.1, -0.05) is 11.6 Å². The number of aryl methyl sites for hydroxylation is 1. The molecule has 1 aromatic heterocycles. The Morgan fingerprint density at radius 1 is 1.21 bits per heavy atom. The maximum atomic E-state index is 11.7. The zero-order valence-electron chi connectivity index (χ0n) is 12.8. The number of halogens is 1. The van der Waals surface area contributed by atoms with Gasteiger partial charge in [0.1, 0.15) is 11.9 Å². The number of hydrogen-bond donors (Lipinski definition) is 2. The molecule has 0 unspecified atom stereocenters. The topological polar surface area (TPSA) is 88.9 Å². The van der Waals surface area contributed by atoms with Gasteiger partial charge in [-0.25, -0.2) is 14.5 Å². The van der Waals surface area contributed by atoms with Crippen molar-refractivity contribution < 1.29 is 9.59 Å². The molecule has 8 heteroatoms. The maximum absolute atomic E-state index is 11.7. The van der Waals surface area contributed by atoms with Crippen LogP contribution in [0.25, 0.3) is 5.69 Å². The van der Waals surface area contributed by atoms with Crippen molar-refractivity contribution in [3.63, 3.8) is 0 Å². The molecule has 1 aliphatic heterocycles. The SMILES string of the molecule is O=C1NC(=O)[C@@H](CCc2nc(C3CC3)nn2-c2ccc(Cl)cc2)N1. The van der Waals surface area contributed by atoms with Crippen LogP contribution in [0.3, 0.4) is 0 Å². The predicted octanol–water partition coefficient (Wildman–Crippen LogP) is 1.94. The van der Waals surface area contributed by atoms with E-state index in [-0.39, 0.29) is 5.91 Å². The van der Waals surface area contributed by atoms with Crippen LogP contribution in [0.4, 0.5) is 4.79 Å². The molecule has 1 aromatic carbocycles. The summed E-state index contributed by atoms with van der Waals surface area (Å²) in [5.41, 5.74) is 0.883. The van der Waals surface area contributed by atoms with Crippen LogP contribution >= 0.6 is 11.6 Å². The summed E-state index contributed by atoms with van der Waals surface area (Å²) in [6, 6.07) is 6.44. The fourth-order valence-corrected chi connectivity index (χ4v) is 2.89. The van der Waals surface area contributed by atoms with E-state index in [2.05, 4.69) is 20.7 Å². The highest BCUT2D eigenvalue weighted by Crippen LogP contribution is 2.38. The van der Waals surface area contributed by atoms with Gasteiger partial charge in [0.25, 0.3) is 5.91 Å². The summed E-state index contributed by atoms with van der Waals surface area (Å²) >= 11 is 5.95. The Balaban J connectivity index is 1.58. The second kappa shape index (κ2) is 5.90. The van der Waals surface area contributed by atoms with Gasteiger partial charge in [-0.3, -0.25) is 10.1 Å². The van der Waals surface area contributed by atoms with E-state index in [0.29, 0.717) is 23.8 Å². The average Bonchev–Trinajstić information content (AvgIpc) is 3.24. The molecule has 2 aliphatic rings. The molecular formula is C16H16ClN5O2. The van der Waals surface area contributed by atoms with Crippen LogP contribution in [0.5, 0.6) is 0 Å². The third kappa shape index (κ3) is 2.99. The molecule has 0 radical (unpaired) electrons. The van der Waals surface area contributed by atoms with Gasteiger partial charge in [-0.2, -0.15) is 5.10 Å². The molecule has 1 saturated heterocycles. The van der Waals surface area contributed by atoms with Crippen LogP contribution in [0.2, 0.25) is 5.02 Å². The first-order valence-corrected chi connectivity index (χ1v) is 8.31. The molecule has 4 rings (SSSR count). The smallest absolute Gasteiger partial charge is 0.322 e. The summed E-state index contributed by atoms with van der Waals surface area (Å²) in [7, 11) is 0. The number of carbonyl (C=O) groups is 2. The standard InChI is InChI=1S/C16H16ClN5O2/c17-10-3-5-11(6-4-10)22-13(19-14(21-22)9-1-2-9)8-7-12-15(23)20-16(24)18-12/h3-6,9,12H,1-2,7-8H2,(H2,18,20,23,24)/t12-/m1/s1. The van der Waals surface area contributed by atoms with Gasteiger partial charge in [-0.15, -0.1) is 0 Å². The minimum Gasteiger partial charge on any atom is -0.326 e. The zero-order chi connectivity index (χ0) is 16.7. The number of nitrogens with zero attached hydrogens (tertiary/aromatic N) is 3. The van der Waals surface area contributed by atoms with Crippen LogP contribution in [0, 0.1) is 0 Å². The summed E-state index contributed by atoms with van der Waals surface area (Å²) in [5, 5.41) is 10.1. The van der Waals surface area contributed by atoms with E-state index >= 15 is 0 Å². The van der Waals surface area contributed by atoms with E-state index < -0.39 is 12.1 Å². The molecular weight excluding hydrogens is 330 g/mol. The molecule has 1 saturated carbocycles. The van der Waals surface area contributed by atoms with Crippen molar-refractivity contribution in [1.82, 2.24) is 25.4 Å². The molecule has 0 bridgehead atoms. The number of urea groups is 1. The van der Waals surface area contributed by atoms with Gasteiger partial charge >= 0.3 is 6.03 Å². The third-order valence-corrected chi connectivity index (χ3v) is 4.47. The Bertz CT molecular complexity index is 797. The Hall–Kier alpha value is -2.41. The lowest BCUT2D eigenvalue weighted by Crippen LogP contribution is -2.29. The van der Waals surface area contributed by atoms with Gasteiger partial charge < -0.3 is 5.32 Å². The molecule has 2 fully saturated rings. The number of nitrogens with one attached hydrogen (secondary N) is 2. The summed E-state index contributed by atoms with van der Waals surface area (Å²) in [6.07, 6.45) is 3.25. The van der Waals surface area contributed by atoms with Gasteiger partial charge in [0.05, 0.1) is 5.69 Å². The molecule has 1 aliphatic carbocycles. The van der Waals surface area contributed by atoms with Crippen molar-refractivity contribution in [3.05, 3.63) is 40.9 Å². The second-order valence-corrected chi connectivity index (χ2v) is 6.54. The normalized spacial score (nSPS) is 20.1. The monoisotopic (exact) mass is 345 g/mol. The minimum atomic E-state index is -0.516. The predicted molar refractivity (Wildman–Crippen MR) is 87.1 cm³/mol. The van der Waals surface area contributed by atoms with Crippen molar-refractivity contribution in [1.29, 1.82) is 0 Å². The number of amides is 3. The van der Waals surface area contributed by atoms with Crippen molar-refractivity contribution in [2.75, 3.05) is 0 Å². The lowest BCUT2D eigenvalue weighted by Gasteiger charge is -2.08. The first kappa shape index (κ1) is 15.1. The van der Waals surface area contributed by atoms with Crippen LogP contribution in [-0.4, -0.2) is 32.7 Å². The largest absolute Gasteiger partial charge is 0.326 e. The average molecular weight is 346 g/mol. The van der Waals surface area contributed by atoms with Crippen LogP contribution in [0.15, 0.2) is 24.3 Å². The van der Waals surface area contributed by atoms with Crippen LogP contribution in [-0.2, 0) is 11.2 Å². The van der Waals surface area contributed by atoms with Gasteiger partial charge in [0, 0.05) is 17.4 Å². The molecule has 1 atom stereocenters. The van der Waals surface area contributed by atoms with Crippen LogP contribution < -0.4 is 10.6 Å². The van der Waals surface area contributed by atoms with Gasteiger partial charge in [0.2, 0.25) is 0 Å². The molecule has 3 amide bonds. The highest BCUT2D eigenvalue weighted by Gasteiger charge is 2.31. The summed E-state index contributed by atoms with van der Waals surface area (Å²) < 4.78 is 1.80. The van der Waals surface area contributed by atoms with E-state index in [1.165, 1.54) is 0 Å². The Kier molecular flexibility index (Phi) is 3.72. The highest BCUT2D eigenvalue weighted by atomic mass is 35.5. The van der Waals surface area contributed by atoms with Gasteiger partial charge in [-0.05, 0) is 43.5 Å². The van der Waals surface area contributed by atoms with E-state index in [1.54, 1.807) is 4.68 Å². The third-order valence-electron chi connectivity index (χ3n) is 4.22. The lowest BCUT2D eigenvalue weighted by molar-refractivity contribution is -0.120. The minimum absolute atomic E-state index is 0.292. The maximum Gasteiger partial charge on any atom is 0.322 e. The van der Waals surface area contributed by atoms with Crippen LogP contribution in [0.1, 0.15) is 36.8 Å². The Labute approximate surface area is 143 Å². The Morgan fingerprint density at radius 3 is 2.58 bits per heavy atom. The van der Waals surface area contributed by atoms with Crippen molar-refractivity contribution >= 4 is 23.5 Å². The van der Waals surface area contributed by atoms with Gasteiger partial charge in [0.15, 0.2) is 5.82 Å². The number of carbonyl (C=O) groups excluding carboxylic acids is 2. The molecule has 7 nitrogen and oxygen atoms in total. The molecule has 2 heterocycles. The number of imide groups is 1. The summed E-state index contributed by atoms with van der Waals surface area (Å²) in [5.74, 6) is 1.78. The van der Waals surface area contributed by atoms with Crippen molar-refractivity contribution in [2.24, 2.45) is 0 Å². The molecule has 2 N–H and O–H groups in total. The van der Waals surface area contributed by atoms with Crippen molar-refractivity contribution in [2.45, 2.75) is 37.6 Å². The number of benzene rings is 1. The fourth-order valence-electron chi connectivity index (χ4n) is 2.76. The second-order valence-electron chi connectivity index (χ2n) is 6.10. The molecule has 24 heavy (non-hydrogen) atoms. The van der Waals surface area contributed by atoms with E-state index in [1.807, 2.05) is 24.3 Å². The lowest BCUT2D eigenvalue weighted by atomic mass is 10.1. The van der Waals surface area contributed by atoms with E-state index in [4.69, 9.17) is 11.6 Å². The molecule has 2 aromatic rings.